The topological polar surface area (TPSA) is 72.5 Å². The summed E-state index contributed by atoms with van der Waals surface area (Å²) < 4.78 is 70.7. The van der Waals surface area contributed by atoms with Crippen molar-refractivity contribution in [3.8, 4) is 11.6 Å². The van der Waals surface area contributed by atoms with Gasteiger partial charge in [-0.1, -0.05) is 0 Å². The van der Waals surface area contributed by atoms with E-state index in [0.717, 1.165) is 7.05 Å². The number of nitrogens with one attached hydrogen (secondary N) is 1. The molecule has 0 saturated heterocycles. The molecule has 106 valence electrons. The molecule has 19 heavy (non-hydrogen) atoms. The Kier molecular flexibility index (Phi) is 4.34. The fourth-order valence-corrected chi connectivity index (χ4v) is 1.17. The summed E-state index contributed by atoms with van der Waals surface area (Å²) in [5, 5.41) is 4.61. The van der Waals surface area contributed by atoms with Crippen molar-refractivity contribution in [1.82, 2.24) is 9.78 Å². The van der Waals surface area contributed by atoms with Crippen molar-refractivity contribution < 1.29 is 31.4 Å². The third kappa shape index (κ3) is 3.56. The van der Waals surface area contributed by atoms with Crippen molar-refractivity contribution in [3.63, 3.8) is 0 Å². The second-order valence-electron chi connectivity index (χ2n) is 2.96. The molecule has 1 N–H and O–H groups in total. The van der Waals surface area contributed by atoms with Gasteiger partial charge >= 0.3 is 18.0 Å². The van der Waals surface area contributed by atoms with Crippen LogP contribution in [0.4, 0.5) is 22.0 Å². The Morgan fingerprint density at radius 3 is 2.47 bits per heavy atom. The van der Waals surface area contributed by atoms with Gasteiger partial charge < -0.3 is 9.47 Å². The SMILES string of the molecule is Cn1nc(C(F)(F)F)c(OC(=S)N=N)c1OC(F)F. The van der Waals surface area contributed by atoms with E-state index in [0.29, 0.717) is 4.68 Å². The van der Waals surface area contributed by atoms with Crippen LogP contribution in [0, 0.1) is 5.53 Å². The van der Waals surface area contributed by atoms with Crippen LogP contribution < -0.4 is 9.47 Å². The standard InChI is InChI=1S/C7H5F5N4O2S/c1-16-4(18-5(8)9)2(17-6(19)14-13)3(15-16)7(10,11)12/h5,13H,1H3. The Morgan fingerprint density at radius 1 is 1.47 bits per heavy atom. The van der Waals surface area contributed by atoms with E-state index in [2.05, 4.69) is 31.9 Å². The number of aryl methyl sites for hydroxylation is 1. The molecule has 0 atom stereocenters. The highest BCUT2D eigenvalue weighted by Crippen LogP contribution is 2.41. The van der Waals surface area contributed by atoms with Crippen molar-refractivity contribution in [2.75, 3.05) is 0 Å². The highest BCUT2D eigenvalue weighted by Gasteiger charge is 2.42. The number of thiocarbonyl (C=S) groups is 1. The Hall–Kier alpha value is -1.85. The summed E-state index contributed by atoms with van der Waals surface area (Å²) >= 11 is 4.28. The number of ether oxygens (including phenoxy) is 2. The normalized spacial score (nSPS) is 11.5. The van der Waals surface area contributed by atoms with Crippen LogP contribution >= 0.6 is 12.2 Å². The molecule has 6 nitrogen and oxygen atoms in total. The van der Waals surface area contributed by atoms with Gasteiger partial charge in [0.2, 0.25) is 11.4 Å². The van der Waals surface area contributed by atoms with Gasteiger partial charge in [-0.2, -0.15) is 27.1 Å². The fraction of sp³-hybridized carbons (Fsp3) is 0.429. The molecule has 0 bridgehead atoms. The second kappa shape index (κ2) is 5.42. The summed E-state index contributed by atoms with van der Waals surface area (Å²) in [6, 6.07) is 0. The first-order chi connectivity index (χ1) is 8.66. The molecule has 0 saturated carbocycles. The molecule has 0 aliphatic heterocycles. The van der Waals surface area contributed by atoms with Crippen LogP contribution in [0.5, 0.6) is 11.6 Å². The highest BCUT2D eigenvalue weighted by molar-refractivity contribution is 7.80. The second-order valence-corrected chi connectivity index (χ2v) is 3.31. The summed E-state index contributed by atoms with van der Waals surface area (Å²) in [5.74, 6) is -2.15. The van der Waals surface area contributed by atoms with E-state index in [1.165, 1.54) is 0 Å². The molecule has 0 fully saturated rings. The van der Waals surface area contributed by atoms with Crippen molar-refractivity contribution in [2.45, 2.75) is 12.8 Å². The predicted octanol–water partition coefficient (Wildman–Crippen LogP) is 2.73. The molecular formula is C7H5F5N4O2S. The molecule has 0 spiro atoms. The first-order valence-corrected chi connectivity index (χ1v) is 4.76. The van der Waals surface area contributed by atoms with E-state index in [-0.39, 0.29) is 0 Å². The molecule has 0 amide bonds. The van der Waals surface area contributed by atoms with Gasteiger partial charge in [-0.3, -0.25) is 0 Å². The monoisotopic (exact) mass is 304 g/mol. The summed E-state index contributed by atoms with van der Waals surface area (Å²) in [4.78, 5) is 0. The highest BCUT2D eigenvalue weighted by atomic mass is 32.1. The van der Waals surface area contributed by atoms with Crippen molar-refractivity contribution in [3.05, 3.63) is 5.69 Å². The molecule has 0 aliphatic rings. The number of hydrogen-bond acceptors (Lipinski definition) is 5. The quantitative estimate of drug-likeness (QED) is 0.529. The maximum absolute atomic E-state index is 12.6. The number of hydrogen-bond donors (Lipinski definition) is 1. The van der Waals surface area contributed by atoms with Gasteiger partial charge in [0.1, 0.15) is 0 Å². The van der Waals surface area contributed by atoms with E-state index in [1.54, 1.807) is 0 Å². The van der Waals surface area contributed by atoms with Crippen LogP contribution in [0.2, 0.25) is 0 Å². The average molecular weight is 304 g/mol. The Bertz CT molecular complexity index is 500. The largest absolute Gasteiger partial charge is 0.439 e. The molecule has 0 radical (unpaired) electrons. The van der Waals surface area contributed by atoms with E-state index in [4.69, 9.17) is 5.53 Å². The van der Waals surface area contributed by atoms with Crippen LogP contribution in [-0.2, 0) is 13.2 Å². The number of nitrogens with zero attached hydrogens (tertiary/aromatic N) is 3. The van der Waals surface area contributed by atoms with Gasteiger partial charge in [-0.25, -0.2) is 10.2 Å². The average Bonchev–Trinajstić information content (AvgIpc) is 2.56. The summed E-state index contributed by atoms with van der Waals surface area (Å²) in [6.07, 6.45) is -4.98. The van der Waals surface area contributed by atoms with Crippen molar-refractivity contribution in [1.29, 1.82) is 5.53 Å². The third-order valence-electron chi connectivity index (χ3n) is 1.70. The number of alkyl halides is 5. The summed E-state index contributed by atoms with van der Waals surface area (Å²) in [7, 11) is 0.945. The van der Waals surface area contributed by atoms with Crippen LogP contribution in [0.1, 0.15) is 5.69 Å². The van der Waals surface area contributed by atoms with Gasteiger partial charge in [0.25, 0.3) is 5.88 Å². The number of aromatic nitrogens is 2. The van der Waals surface area contributed by atoms with Gasteiger partial charge in [0.15, 0.2) is 0 Å². The number of rotatable bonds is 3. The summed E-state index contributed by atoms with van der Waals surface area (Å²) in [5.41, 5.74) is 4.85. The molecule has 1 aromatic rings. The zero-order valence-corrected chi connectivity index (χ0v) is 9.85. The molecule has 1 heterocycles. The molecule has 0 aromatic carbocycles. The van der Waals surface area contributed by atoms with Crippen molar-refractivity contribution in [2.24, 2.45) is 12.2 Å². The minimum atomic E-state index is -4.98. The molecule has 1 aromatic heterocycles. The van der Waals surface area contributed by atoms with Crippen molar-refractivity contribution >= 4 is 17.4 Å². The van der Waals surface area contributed by atoms with E-state index in [1.807, 2.05) is 0 Å². The van der Waals surface area contributed by atoms with E-state index in [9.17, 15) is 22.0 Å². The van der Waals surface area contributed by atoms with Gasteiger partial charge in [0, 0.05) is 7.05 Å². The predicted molar refractivity (Wildman–Crippen MR) is 53.2 cm³/mol. The lowest BCUT2D eigenvalue weighted by Crippen LogP contribution is -2.11. The number of halogens is 5. The fourth-order valence-electron chi connectivity index (χ4n) is 1.09. The van der Waals surface area contributed by atoms with Gasteiger partial charge in [-0.05, 0) is 12.2 Å². The Labute approximate surface area is 107 Å². The molecule has 1 rings (SSSR count). The minimum Gasteiger partial charge on any atom is -0.421 e. The molecule has 12 heteroatoms. The van der Waals surface area contributed by atoms with Crippen LogP contribution in [0.25, 0.3) is 0 Å². The van der Waals surface area contributed by atoms with Crippen LogP contribution in [-0.4, -0.2) is 21.6 Å². The minimum absolute atomic E-state index is 0.414. The van der Waals surface area contributed by atoms with Crippen LogP contribution in [0.15, 0.2) is 5.11 Å². The first kappa shape index (κ1) is 15.2. The van der Waals surface area contributed by atoms with Gasteiger partial charge in [0.05, 0.1) is 0 Å². The van der Waals surface area contributed by atoms with E-state index >= 15 is 0 Å². The maximum atomic E-state index is 12.6. The lowest BCUT2D eigenvalue weighted by molar-refractivity contribution is -0.142. The molecular weight excluding hydrogens is 299 g/mol. The third-order valence-corrected chi connectivity index (χ3v) is 1.88. The molecule has 0 aliphatic carbocycles. The Balaban J connectivity index is 3.33. The zero-order chi connectivity index (χ0) is 14.8. The zero-order valence-electron chi connectivity index (χ0n) is 9.03. The maximum Gasteiger partial charge on any atom is 0.439 e. The first-order valence-electron chi connectivity index (χ1n) is 4.35. The van der Waals surface area contributed by atoms with E-state index < -0.39 is 35.3 Å². The summed E-state index contributed by atoms with van der Waals surface area (Å²) in [6.45, 7) is -3.39. The lowest BCUT2D eigenvalue weighted by Gasteiger charge is -2.08. The molecule has 0 unspecified atom stereocenters. The van der Waals surface area contributed by atoms with Crippen LogP contribution in [0.3, 0.4) is 0 Å². The Morgan fingerprint density at radius 2 is 2.05 bits per heavy atom. The smallest absolute Gasteiger partial charge is 0.421 e. The lowest BCUT2D eigenvalue weighted by atomic mass is 10.4. The van der Waals surface area contributed by atoms with Gasteiger partial charge in [-0.15, -0.1) is 5.11 Å².